The number of rotatable bonds is 11. The molecular weight excluding hydrogens is 436 g/mol. The van der Waals surface area contributed by atoms with Crippen LogP contribution >= 0.6 is 0 Å². The predicted molar refractivity (Wildman–Crippen MR) is 142 cm³/mol. The lowest BCUT2D eigenvalue weighted by Gasteiger charge is -2.10. The lowest BCUT2D eigenvalue weighted by atomic mass is 9.96. The molecule has 1 heterocycles. The third-order valence-electron chi connectivity index (χ3n) is 5.78. The highest BCUT2D eigenvalue weighted by atomic mass is 16.4. The maximum absolute atomic E-state index is 10.6. The van der Waals surface area contributed by atoms with Gasteiger partial charge in [0.1, 0.15) is 5.69 Å². The molecule has 0 aliphatic carbocycles. The van der Waals surface area contributed by atoms with E-state index in [1.54, 1.807) is 0 Å². The Morgan fingerprint density at radius 1 is 0.743 bits per heavy atom. The standard InChI is InChI=1S/C30H30N2O2.H2O/c33-27(34)22-14-3-1-2-4-15-23-32-30(26-20-12-7-13-21-26)28(24-16-8-5-9-17-24)29(31-32)25-18-10-6-11-19-25;/h1-2,5-13,16-21H,3-4,14-15,22-23H2,(H,33,34);1H2. The Morgan fingerprint density at radius 2 is 1.26 bits per heavy atom. The average Bonchev–Trinajstić information content (AvgIpc) is 3.26. The zero-order valence-electron chi connectivity index (χ0n) is 19.8. The quantitative estimate of drug-likeness (QED) is 0.197. The van der Waals surface area contributed by atoms with Gasteiger partial charge in [0.15, 0.2) is 0 Å². The van der Waals surface area contributed by atoms with E-state index in [-0.39, 0.29) is 11.9 Å². The first-order chi connectivity index (χ1) is 16.7. The van der Waals surface area contributed by atoms with Crippen LogP contribution in [0.1, 0.15) is 32.1 Å². The number of benzene rings is 3. The van der Waals surface area contributed by atoms with Gasteiger partial charge < -0.3 is 10.6 Å². The number of nitrogens with zero attached hydrogens (tertiary/aromatic N) is 2. The molecule has 4 aromatic rings. The Bertz CT molecular complexity index is 1220. The van der Waals surface area contributed by atoms with Gasteiger partial charge in [-0.05, 0) is 31.2 Å². The molecule has 0 aliphatic heterocycles. The highest BCUT2D eigenvalue weighted by Crippen LogP contribution is 2.40. The van der Waals surface area contributed by atoms with E-state index in [9.17, 15) is 4.79 Å². The highest BCUT2D eigenvalue weighted by molar-refractivity contribution is 5.91. The van der Waals surface area contributed by atoms with Crippen LogP contribution in [0.25, 0.3) is 33.6 Å². The molecule has 5 heteroatoms. The number of aryl methyl sites for hydroxylation is 1. The molecule has 0 radical (unpaired) electrons. The van der Waals surface area contributed by atoms with Gasteiger partial charge in [0.05, 0.1) is 5.69 Å². The summed E-state index contributed by atoms with van der Waals surface area (Å²) < 4.78 is 2.15. The van der Waals surface area contributed by atoms with E-state index < -0.39 is 5.97 Å². The Labute approximate surface area is 206 Å². The van der Waals surface area contributed by atoms with E-state index in [1.807, 2.05) is 18.2 Å². The van der Waals surface area contributed by atoms with Gasteiger partial charge in [-0.2, -0.15) is 5.10 Å². The fourth-order valence-electron chi connectivity index (χ4n) is 4.16. The van der Waals surface area contributed by atoms with Gasteiger partial charge in [0.25, 0.3) is 0 Å². The molecule has 0 atom stereocenters. The third kappa shape index (κ3) is 6.78. The normalized spacial score (nSPS) is 10.9. The van der Waals surface area contributed by atoms with Crippen LogP contribution in [0.3, 0.4) is 0 Å². The summed E-state index contributed by atoms with van der Waals surface area (Å²) in [5.74, 6) is -0.732. The molecular formula is C30H32N2O3. The molecule has 0 saturated heterocycles. The van der Waals surface area contributed by atoms with Gasteiger partial charge in [-0.1, -0.05) is 103 Å². The number of allylic oxidation sites excluding steroid dienone is 2. The van der Waals surface area contributed by atoms with E-state index in [0.717, 1.165) is 59.4 Å². The lowest BCUT2D eigenvalue weighted by Crippen LogP contribution is -2.02. The van der Waals surface area contributed by atoms with Crippen molar-refractivity contribution in [2.24, 2.45) is 0 Å². The maximum Gasteiger partial charge on any atom is 0.303 e. The zero-order valence-corrected chi connectivity index (χ0v) is 19.8. The van der Waals surface area contributed by atoms with Crippen molar-refractivity contribution in [1.29, 1.82) is 0 Å². The molecule has 0 unspecified atom stereocenters. The van der Waals surface area contributed by atoms with Gasteiger partial charge in [-0.25, -0.2) is 0 Å². The van der Waals surface area contributed by atoms with Crippen molar-refractivity contribution in [2.75, 3.05) is 0 Å². The number of carboxylic acids is 1. The van der Waals surface area contributed by atoms with Crippen LogP contribution in [0.2, 0.25) is 0 Å². The summed E-state index contributed by atoms with van der Waals surface area (Å²) in [6.45, 7) is 0.802. The van der Waals surface area contributed by atoms with Gasteiger partial charge in [0.2, 0.25) is 0 Å². The van der Waals surface area contributed by atoms with Crippen LogP contribution in [0.15, 0.2) is 103 Å². The number of carbonyl (C=O) groups is 1. The molecule has 5 nitrogen and oxygen atoms in total. The third-order valence-corrected chi connectivity index (χ3v) is 5.78. The molecule has 3 aromatic carbocycles. The van der Waals surface area contributed by atoms with Crippen molar-refractivity contribution in [3.63, 3.8) is 0 Å². The maximum atomic E-state index is 10.6. The summed E-state index contributed by atoms with van der Waals surface area (Å²) in [4.78, 5) is 10.6. The molecule has 180 valence electrons. The minimum atomic E-state index is -0.732. The van der Waals surface area contributed by atoms with Crippen molar-refractivity contribution in [2.45, 2.75) is 38.6 Å². The highest BCUT2D eigenvalue weighted by Gasteiger charge is 2.21. The van der Waals surface area contributed by atoms with Crippen LogP contribution in [0.4, 0.5) is 0 Å². The Kier molecular flexibility index (Phi) is 9.58. The minimum Gasteiger partial charge on any atom is -0.481 e. The number of unbranched alkanes of at least 4 members (excludes halogenated alkanes) is 2. The van der Waals surface area contributed by atoms with Gasteiger partial charge >= 0.3 is 5.97 Å². The second-order valence-electron chi connectivity index (χ2n) is 8.29. The van der Waals surface area contributed by atoms with E-state index >= 15 is 0 Å². The van der Waals surface area contributed by atoms with Crippen molar-refractivity contribution >= 4 is 5.97 Å². The Hall–Kier alpha value is -3.96. The van der Waals surface area contributed by atoms with Crippen molar-refractivity contribution in [1.82, 2.24) is 9.78 Å². The van der Waals surface area contributed by atoms with Crippen molar-refractivity contribution in [3.05, 3.63) is 103 Å². The number of carboxylic acid groups (broad SMARTS) is 1. The molecule has 0 aliphatic rings. The van der Waals surface area contributed by atoms with Crippen LogP contribution in [-0.4, -0.2) is 26.3 Å². The first-order valence-electron chi connectivity index (χ1n) is 11.9. The summed E-state index contributed by atoms with van der Waals surface area (Å²) in [5.41, 5.74) is 6.70. The number of aliphatic carboxylic acids is 1. The minimum absolute atomic E-state index is 0. The van der Waals surface area contributed by atoms with E-state index in [2.05, 4.69) is 89.6 Å². The number of hydrogen-bond donors (Lipinski definition) is 1. The van der Waals surface area contributed by atoms with Crippen LogP contribution in [-0.2, 0) is 11.3 Å². The molecule has 35 heavy (non-hydrogen) atoms. The van der Waals surface area contributed by atoms with Gasteiger partial charge in [-0.3, -0.25) is 9.48 Å². The molecule has 0 amide bonds. The van der Waals surface area contributed by atoms with Gasteiger partial charge in [0, 0.05) is 29.7 Å². The monoisotopic (exact) mass is 468 g/mol. The molecule has 0 bridgehead atoms. The second kappa shape index (κ2) is 13.1. The predicted octanol–water partition coefficient (Wildman–Crippen LogP) is 6.65. The number of hydrogen-bond acceptors (Lipinski definition) is 2. The fourth-order valence-corrected chi connectivity index (χ4v) is 4.16. The van der Waals surface area contributed by atoms with Crippen LogP contribution in [0.5, 0.6) is 0 Å². The second-order valence-corrected chi connectivity index (χ2v) is 8.29. The summed E-state index contributed by atoms with van der Waals surface area (Å²) in [6, 6.07) is 31.4. The molecule has 1 aromatic heterocycles. The van der Waals surface area contributed by atoms with Crippen LogP contribution < -0.4 is 0 Å². The molecule has 0 fully saturated rings. The fraction of sp³-hybridized carbons (Fsp3) is 0.200. The first kappa shape index (κ1) is 25.7. The van der Waals surface area contributed by atoms with E-state index in [1.165, 1.54) is 0 Å². The average molecular weight is 469 g/mol. The Balaban J connectivity index is 0.00000342. The lowest BCUT2D eigenvalue weighted by molar-refractivity contribution is -0.137. The van der Waals surface area contributed by atoms with Crippen molar-refractivity contribution in [3.8, 4) is 33.6 Å². The summed E-state index contributed by atoms with van der Waals surface area (Å²) in [7, 11) is 0. The number of aromatic nitrogens is 2. The topological polar surface area (TPSA) is 86.6 Å². The SMILES string of the molecule is O.O=C(O)CCCC=CCCCn1nc(-c2ccccc2)c(-c2ccccc2)c1-c1ccccc1. The molecule has 0 saturated carbocycles. The van der Waals surface area contributed by atoms with Gasteiger partial charge in [-0.15, -0.1) is 0 Å². The molecule has 3 N–H and O–H groups in total. The summed E-state index contributed by atoms with van der Waals surface area (Å²) in [5, 5.41) is 13.9. The molecule has 0 spiro atoms. The van der Waals surface area contributed by atoms with Crippen molar-refractivity contribution < 1.29 is 15.4 Å². The molecule has 4 rings (SSSR count). The summed E-state index contributed by atoms with van der Waals surface area (Å²) >= 11 is 0. The first-order valence-corrected chi connectivity index (χ1v) is 11.9. The van der Waals surface area contributed by atoms with E-state index in [0.29, 0.717) is 6.42 Å². The largest absolute Gasteiger partial charge is 0.481 e. The Morgan fingerprint density at radius 3 is 1.83 bits per heavy atom. The van der Waals surface area contributed by atoms with E-state index in [4.69, 9.17) is 10.2 Å². The summed E-state index contributed by atoms with van der Waals surface area (Å²) in [6.07, 6.45) is 7.85. The smallest absolute Gasteiger partial charge is 0.303 e. The van der Waals surface area contributed by atoms with Crippen LogP contribution in [0, 0.1) is 0 Å². The zero-order chi connectivity index (χ0) is 23.6.